The van der Waals surface area contributed by atoms with Crippen LogP contribution in [0.4, 0.5) is 5.69 Å². The normalized spacial score (nSPS) is 15.2. The highest BCUT2D eigenvalue weighted by Crippen LogP contribution is 2.44. The number of methoxy groups -OCH3 is 1. The number of fused-ring (bicyclic) bond motifs is 1. The molecule has 1 aliphatic heterocycles. The molecule has 0 fully saturated rings. The van der Waals surface area contributed by atoms with Gasteiger partial charge in [0.05, 0.1) is 24.1 Å². The van der Waals surface area contributed by atoms with Gasteiger partial charge in [0, 0.05) is 17.0 Å². The third-order valence-electron chi connectivity index (χ3n) is 4.55. The van der Waals surface area contributed by atoms with Gasteiger partial charge in [-0.25, -0.2) is 9.97 Å². The molecule has 142 valence electrons. The summed E-state index contributed by atoms with van der Waals surface area (Å²) in [5.74, 6) is 0.966. The molecule has 2 aromatic rings. The Hall–Kier alpha value is -2.34. The van der Waals surface area contributed by atoms with E-state index in [9.17, 15) is 4.79 Å². The molecule has 27 heavy (non-hydrogen) atoms. The van der Waals surface area contributed by atoms with Crippen LogP contribution in [0, 0.1) is 13.8 Å². The van der Waals surface area contributed by atoms with Gasteiger partial charge in [-0.05, 0) is 52.3 Å². The van der Waals surface area contributed by atoms with E-state index in [1.54, 1.807) is 7.11 Å². The average molecular weight is 384 g/mol. The molecule has 0 saturated carbocycles. The van der Waals surface area contributed by atoms with Crippen LogP contribution in [0.1, 0.15) is 37.7 Å². The quantitative estimate of drug-likeness (QED) is 0.578. The second-order valence-electron chi connectivity index (χ2n) is 7.29. The van der Waals surface area contributed by atoms with Gasteiger partial charge in [0.25, 0.3) is 0 Å². The summed E-state index contributed by atoms with van der Waals surface area (Å²) >= 11 is 1.37. The lowest BCUT2D eigenvalue weighted by atomic mass is 9.88. The van der Waals surface area contributed by atoms with Crippen molar-refractivity contribution < 1.29 is 9.53 Å². The lowest BCUT2D eigenvalue weighted by Gasteiger charge is -2.42. The smallest absolute Gasteiger partial charge is 0.238 e. The minimum absolute atomic E-state index is 0.00209. The number of nitrogens with zero attached hydrogens (tertiary/aromatic N) is 3. The van der Waals surface area contributed by atoms with Crippen LogP contribution in [0.5, 0.6) is 5.75 Å². The number of carbonyl (C=O) groups is 1. The molecule has 1 amide bonds. The maximum Gasteiger partial charge on any atom is 0.238 e. The van der Waals surface area contributed by atoms with Gasteiger partial charge in [-0.15, -0.1) is 0 Å². The van der Waals surface area contributed by atoms with E-state index in [1.165, 1.54) is 11.8 Å². The van der Waals surface area contributed by atoms with Crippen molar-refractivity contribution in [1.82, 2.24) is 9.97 Å². The van der Waals surface area contributed by atoms with Crippen molar-refractivity contribution in [3.8, 4) is 5.75 Å². The molecule has 0 saturated heterocycles. The van der Waals surface area contributed by atoms with E-state index in [2.05, 4.69) is 23.0 Å². The Morgan fingerprint density at radius 1 is 1.19 bits per heavy atom. The largest absolute Gasteiger partial charge is 0.495 e. The SMILES string of the molecule is COc1cccc2c1N(C(=O)CSc1nc(C)cc(C)n1)C(C)(C)C=C2C. The minimum atomic E-state index is -0.452. The monoisotopic (exact) mass is 383 g/mol. The Bertz CT molecular complexity index is 901. The van der Waals surface area contributed by atoms with Crippen LogP contribution >= 0.6 is 11.8 Å². The van der Waals surface area contributed by atoms with Crippen molar-refractivity contribution in [1.29, 1.82) is 0 Å². The second-order valence-corrected chi connectivity index (χ2v) is 8.23. The van der Waals surface area contributed by atoms with Crippen LogP contribution in [0.3, 0.4) is 0 Å². The Labute approximate surface area is 164 Å². The molecule has 0 N–H and O–H groups in total. The van der Waals surface area contributed by atoms with Crippen LogP contribution in [-0.2, 0) is 4.79 Å². The molecular weight excluding hydrogens is 358 g/mol. The molecule has 0 radical (unpaired) electrons. The zero-order valence-electron chi connectivity index (χ0n) is 16.7. The van der Waals surface area contributed by atoms with Gasteiger partial charge < -0.3 is 4.74 Å². The number of allylic oxidation sites excluding steroid dienone is 1. The first kappa shape index (κ1) is 19.4. The fourth-order valence-corrected chi connectivity index (χ4v) is 4.39. The first-order chi connectivity index (χ1) is 12.7. The maximum atomic E-state index is 13.3. The topological polar surface area (TPSA) is 55.3 Å². The Kier molecular flexibility index (Phi) is 5.29. The number of rotatable bonds is 4. The summed E-state index contributed by atoms with van der Waals surface area (Å²) in [4.78, 5) is 23.9. The van der Waals surface area contributed by atoms with Crippen LogP contribution in [0.25, 0.3) is 5.57 Å². The van der Waals surface area contributed by atoms with Crippen LogP contribution in [-0.4, -0.2) is 34.3 Å². The number of hydrogen-bond acceptors (Lipinski definition) is 5. The highest BCUT2D eigenvalue weighted by molar-refractivity contribution is 7.99. The number of thioether (sulfide) groups is 1. The summed E-state index contributed by atoms with van der Waals surface area (Å²) in [7, 11) is 1.64. The third kappa shape index (κ3) is 3.86. The van der Waals surface area contributed by atoms with Crippen molar-refractivity contribution in [3.05, 3.63) is 47.3 Å². The van der Waals surface area contributed by atoms with Crippen molar-refractivity contribution >= 4 is 28.9 Å². The molecule has 0 unspecified atom stereocenters. The number of hydrogen-bond donors (Lipinski definition) is 0. The molecule has 1 aromatic carbocycles. The zero-order chi connectivity index (χ0) is 19.8. The van der Waals surface area contributed by atoms with E-state index in [4.69, 9.17) is 4.74 Å². The lowest BCUT2D eigenvalue weighted by molar-refractivity contribution is -0.116. The summed E-state index contributed by atoms with van der Waals surface area (Å²) in [5, 5.41) is 0.627. The first-order valence-corrected chi connectivity index (χ1v) is 9.86. The van der Waals surface area contributed by atoms with Crippen LogP contribution in [0.15, 0.2) is 35.5 Å². The molecule has 0 aliphatic carbocycles. The van der Waals surface area contributed by atoms with Crippen molar-refractivity contribution in [2.75, 3.05) is 17.8 Å². The first-order valence-electron chi connectivity index (χ1n) is 8.88. The number of anilines is 1. The molecule has 6 heteroatoms. The number of aryl methyl sites for hydroxylation is 2. The molecule has 1 aromatic heterocycles. The van der Waals surface area contributed by atoms with Crippen molar-refractivity contribution in [3.63, 3.8) is 0 Å². The summed E-state index contributed by atoms with van der Waals surface area (Å²) in [6.45, 7) is 10.0. The highest BCUT2D eigenvalue weighted by atomic mass is 32.2. The van der Waals surface area contributed by atoms with Crippen molar-refractivity contribution in [2.45, 2.75) is 45.3 Å². The van der Waals surface area contributed by atoms with Gasteiger partial charge in [-0.2, -0.15) is 0 Å². The van der Waals surface area contributed by atoms with Crippen LogP contribution < -0.4 is 9.64 Å². The van der Waals surface area contributed by atoms with Gasteiger partial charge in [0.1, 0.15) is 5.75 Å². The van der Waals surface area contributed by atoms with Crippen LogP contribution in [0.2, 0.25) is 0 Å². The molecule has 2 heterocycles. The summed E-state index contributed by atoms with van der Waals surface area (Å²) in [6, 6.07) is 7.80. The van der Waals surface area contributed by atoms with E-state index in [-0.39, 0.29) is 11.7 Å². The van der Waals surface area contributed by atoms with E-state index >= 15 is 0 Å². The predicted molar refractivity (Wildman–Crippen MR) is 110 cm³/mol. The molecule has 0 atom stereocenters. The summed E-state index contributed by atoms with van der Waals surface area (Å²) in [5.41, 5.74) is 4.35. The Morgan fingerprint density at radius 2 is 1.85 bits per heavy atom. The maximum absolute atomic E-state index is 13.3. The molecule has 3 rings (SSSR count). The van der Waals surface area contributed by atoms with Gasteiger partial charge >= 0.3 is 0 Å². The molecule has 1 aliphatic rings. The average Bonchev–Trinajstić information content (AvgIpc) is 2.58. The predicted octanol–water partition coefficient (Wildman–Crippen LogP) is 4.42. The number of amides is 1. The fraction of sp³-hybridized carbons (Fsp3) is 0.381. The number of carbonyl (C=O) groups excluding carboxylic acids is 1. The van der Waals surface area contributed by atoms with Gasteiger partial charge in [-0.3, -0.25) is 9.69 Å². The van der Waals surface area contributed by atoms with E-state index in [0.717, 1.165) is 28.2 Å². The Balaban J connectivity index is 1.94. The second kappa shape index (κ2) is 7.35. The van der Waals surface area contributed by atoms with E-state index in [1.807, 2.05) is 56.9 Å². The van der Waals surface area contributed by atoms with E-state index in [0.29, 0.717) is 10.9 Å². The van der Waals surface area contributed by atoms with Gasteiger partial charge in [0.2, 0.25) is 5.91 Å². The highest BCUT2D eigenvalue weighted by Gasteiger charge is 2.37. The lowest BCUT2D eigenvalue weighted by Crippen LogP contribution is -2.49. The Morgan fingerprint density at radius 3 is 2.48 bits per heavy atom. The standard InChI is InChI=1S/C21H25N3O2S/c1-13-11-21(4,5)24(19-16(13)8-7-9-17(19)26-6)18(25)12-27-20-22-14(2)10-15(3)23-20/h7-11H,12H2,1-6H3. The third-order valence-corrected chi connectivity index (χ3v) is 5.38. The number of benzene rings is 1. The minimum Gasteiger partial charge on any atom is -0.495 e. The number of ether oxygens (including phenoxy) is 1. The molecule has 0 spiro atoms. The van der Waals surface area contributed by atoms with Gasteiger partial charge in [0.15, 0.2) is 5.16 Å². The zero-order valence-corrected chi connectivity index (χ0v) is 17.5. The fourth-order valence-electron chi connectivity index (χ4n) is 3.59. The van der Waals surface area contributed by atoms with E-state index < -0.39 is 5.54 Å². The molecule has 0 bridgehead atoms. The number of aromatic nitrogens is 2. The van der Waals surface area contributed by atoms with Gasteiger partial charge in [-0.1, -0.05) is 30.0 Å². The summed E-state index contributed by atoms with van der Waals surface area (Å²) < 4.78 is 5.58. The molecular formula is C21H25N3O2S. The van der Waals surface area contributed by atoms with Crippen molar-refractivity contribution in [2.24, 2.45) is 0 Å². The molecule has 5 nitrogen and oxygen atoms in total. The summed E-state index contributed by atoms with van der Waals surface area (Å²) in [6.07, 6.45) is 2.13. The number of para-hydroxylation sites is 1.